The lowest BCUT2D eigenvalue weighted by molar-refractivity contribution is 0.102. The Morgan fingerprint density at radius 2 is 1.97 bits per heavy atom. The Balaban J connectivity index is 1.61. The largest absolute Gasteiger partial charge is 0.321 e. The van der Waals surface area contributed by atoms with Gasteiger partial charge in [-0.15, -0.1) is 0 Å². The van der Waals surface area contributed by atoms with Crippen LogP contribution in [-0.4, -0.2) is 40.6 Å². The van der Waals surface area contributed by atoms with Gasteiger partial charge in [0.15, 0.2) is 15.5 Å². The van der Waals surface area contributed by atoms with E-state index >= 15 is 0 Å². The molecule has 1 aliphatic heterocycles. The van der Waals surface area contributed by atoms with Gasteiger partial charge in [-0.05, 0) is 56.9 Å². The van der Waals surface area contributed by atoms with Gasteiger partial charge in [-0.1, -0.05) is 17.7 Å². The summed E-state index contributed by atoms with van der Waals surface area (Å²) in [5, 5.41) is 8.68. The van der Waals surface area contributed by atoms with E-state index in [1.54, 1.807) is 16.8 Å². The molecule has 0 spiro atoms. The summed E-state index contributed by atoms with van der Waals surface area (Å²) in [5.74, 6) is 0.259. The molecule has 9 heteroatoms. The third-order valence-electron chi connectivity index (χ3n) is 6.02. The van der Waals surface area contributed by atoms with Crippen molar-refractivity contribution in [3.8, 4) is 0 Å². The zero-order valence-corrected chi connectivity index (χ0v) is 18.9. The number of amides is 1. The molecule has 1 N–H and O–H groups in total. The molecule has 0 radical (unpaired) electrons. The molecule has 2 aromatic heterocycles. The van der Waals surface area contributed by atoms with Crippen LogP contribution >= 0.6 is 11.6 Å². The standard InChI is InChI=1S/C22H23ClN4O3S/c1-12-3-6-18(17(23)9-12)25-22(28)16-10-19(14-4-5-14)24-21-20(16)13(2)26-27(21)15-7-8-31(29,30)11-15/h3,6,9-10,14-15H,4-5,7-8,11H2,1-2H3,(H,25,28)/t15-/m1/s1. The maximum absolute atomic E-state index is 13.3. The summed E-state index contributed by atoms with van der Waals surface area (Å²) in [6.45, 7) is 3.77. The minimum atomic E-state index is -3.08. The number of fused-ring (bicyclic) bond motifs is 1. The van der Waals surface area contributed by atoms with Crippen molar-refractivity contribution in [2.24, 2.45) is 0 Å². The number of aromatic nitrogens is 3. The van der Waals surface area contributed by atoms with Gasteiger partial charge in [0.05, 0.1) is 44.9 Å². The van der Waals surface area contributed by atoms with E-state index < -0.39 is 9.84 Å². The summed E-state index contributed by atoms with van der Waals surface area (Å²) in [6, 6.07) is 7.07. The molecule has 7 nitrogen and oxygen atoms in total. The quantitative estimate of drug-likeness (QED) is 0.632. The number of hydrogen-bond donors (Lipinski definition) is 1. The van der Waals surface area contributed by atoms with Crippen molar-refractivity contribution in [2.45, 2.75) is 45.1 Å². The van der Waals surface area contributed by atoms with Crippen LogP contribution in [-0.2, 0) is 9.84 Å². The minimum Gasteiger partial charge on any atom is -0.321 e. The van der Waals surface area contributed by atoms with Crippen LogP contribution in [0.25, 0.3) is 11.0 Å². The number of nitrogens with zero attached hydrogens (tertiary/aromatic N) is 3. The van der Waals surface area contributed by atoms with E-state index in [0.29, 0.717) is 45.3 Å². The molecule has 1 amide bonds. The molecule has 5 rings (SSSR count). The van der Waals surface area contributed by atoms with Gasteiger partial charge in [0.2, 0.25) is 0 Å². The Kier molecular flexibility index (Phi) is 4.82. The lowest BCUT2D eigenvalue weighted by Crippen LogP contribution is -2.15. The summed E-state index contributed by atoms with van der Waals surface area (Å²) < 4.78 is 25.8. The summed E-state index contributed by atoms with van der Waals surface area (Å²) in [5.41, 5.74) is 4.15. The lowest BCUT2D eigenvalue weighted by atomic mass is 10.1. The summed E-state index contributed by atoms with van der Waals surface area (Å²) in [4.78, 5) is 18.1. The average molecular weight is 459 g/mol. The Hall–Kier alpha value is -2.45. The Morgan fingerprint density at radius 3 is 2.61 bits per heavy atom. The van der Waals surface area contributed by atoms with Crippen molar-refractivity contribution in [1.82, 2.24) is 14.8 Å². The highest BCUT2D eigenvalue weighted by atomic mass is 35.5. The minimum absolute atomic E-state index is 0.0546. The van der Waals surface area contributed by atoms with Crippen molar-refractivity contribution in [3.63, 3.8) is 0 Å². The number of carbonyl (C=O) groups is 1. The van der Waals surface area contributed by atoms with Crippen LogP contribution in [0.5, 0.6) is 0 Å². The molecule has 1 aromatic carbocycles. The molecule has 3 aromatic rings. The first-order chi connectivity index (χ1) is 14.7. The number of benzene rings is 1. The molecule has 162 valence electrons. The fraction of sp³-hybridized carbons (Fsp3) is 0.409. The van der Waals surface area contributed by atoms with Crippen molar-refractivity contribution >= 4 is 44.1 Å². The number of sulfone groups is 1. The zero-order valence-electron chi connectivity index (χ0n) is 17.4. The first-order valence-electron chi connectivity index (χ1n) is 10.4. The Bertz CT molecular complexity index is 1330. The molecule has 1 aliphatic carbocycles. The first-order valence-corrected chi connectivity index (χ1v) is 12.6. The molecule has 1 saturated heterocycles. The van der Waals surface area contributed by atoms with Crippen LogP contribution in [0.3, 0.4) is 0 Å². The predicted octanol–water partition coefficient (Wildman–Crippen LogP) is 4.19. The maximum Gasteiger partial charge on any atom is 0.256 e. The number of halogens is 1. The van der Waals surface area contributed by atoms with Crippen molar-refractivity contribution in [2.75, 3.05) is 16.8 Å². The Morgan fingerprint density at radius 1 is 1.19 bits per heavy atom. The van der Waals surface area contributed by atoms with Gasteiger partial charge in [-0.2, -0.15) is 5.10 Å². The summed E-state index contributed by atoms with van der Waals surface area (Å²) >= 11 is 6.32. The average Bonchev–Trinajstić information content (AvgIpc) is 3.43. The Labute approximate surface area is 185 Å². The topological polar surface area (TPSA) is 93.9 Å². The second kappa shape index (κ2) is 7.31. The predicted molar refractivity (Wildman–Crippen MR) is 121 cm³/mol. The number of nitrogens with one attached hydrogen (secondary N) is 1. The van der Waals surface area contributed by atoms with Gasteiger partial charge in [-0.25, -0.2) is 18.1 Å². The smallest absolute Gasteiger partial charge is 0.256 e. The third-order valence-corrected chi connectivity index (χ3v) is 8.09. The third kappa shape index (κ3) is 3.83. The van der Waals surface area contributed by atoms with Gasteiger partial charge in [-0.3, -0.25) is 4.79 Å². The van der Waals surface area contributed by atoms with Gasteiger partial charge in [0.25, 0.3) is 5.91 Å². The van der Waals surface area contributed by atoms with Crippen LogP contribution in [0.2, 0.25) is 5.02 Å². The van der Waals surface area contributed by atoms with Crippen LogP contribution in [0.1, 0.15) is 58.5 Å². The second-order valence-electron chi connectivity index (χ2n) is 8.59. The molecule has 31 heavy (non-hydrogen) atoms. The highest BCUT2D eigenvalue weighted by Crippen LogP contribution is 2.41. The fourth-order valence-electron chi connectivity index (χ4n) is 4.23. The zero-order chi connectivity index (χ0) is 21.9. The monoisotopic (exact) mass is 458 g/mol. The van der Waals surface area contributed by atoms with Crippen LogP contribution in [0.4, 0.5) is 5.69 Å². The molecule has 3 heterocycles. The van der Waals surface area contributed by atoms with E-state index in [9.17, 15) is 13.2 Å². The number of aryl methyl sites for hydroxylation is 2. The molecule has 0 unspecified atom stereocenters. The van der Waals surface area contributed by atoms with Gasteiger partial charge in [0, 0.05) is 11.6 Å². The summed E-state index contributed by atoms with van der Waals surface area (Å²) in [7, 11) is -3.08. The molecule has 1 atom stereocenters. The number of hydrogen-bond acceptors (Lipinski definition) is 5. The van der Waals surface area contributed by atoms with E-state index in [-0.39, 0.29) is 23.5 Å². The SMILES string of the molecule is Cc1ccc(NC(=O)c2cc(C3CC3)nc3c2c(C)nn3[C@@H]2CCS(=O)(=O)C2)c(Cl)c1. The van der Waals surface area contributed by atoms with Crippen molar-refractivity contribution in [1.29, 1.82) is 0 Å². The molecule has 2 fully saturated rings. The van der Waals surface area contributed by atoms with Gasteiger partial charge >= 0.3 is 0 Å². The second-order valence-corrected chi connectivity index (χ2v) is 11.2. The van der Waals surface area contributed by atoms with E-state index in [0.717, 1.165) is 24.1 Å². The first kappa shape index (κ1) is 20.5. The molecule has 2 aliphatic rings. The molecule has 1 saturated carbocycles. The number of pyridine rings is 1. The highest BCUT2D eigenvalue weighted by molar-refractivity contribution is 7.91. The molecular weight excluding hydrogens is 436 g/mol. The maximum atomic E-state index is 13.3. The molecule has 0 bridgehead atoms. The van der Waals surface area contributed by atoms with Gasteiger partial charge < -0.3 is 5.32 Å². The highest BCUT2D eigenvalue weighted by Gasteiger charge is 2.34. The number of carbonyl (C=O) groups excluding carboxylic acids is 1. The van der Waals surface area contributed by atoms with Crippen molar-refractivity contribution < 1.29 is 13.2 Å². The lowest BCUT2D eigenvalue weighted by Gasteiger charge is -2.12. The van der Waals surface area contributed by atoms with Crippen molar-refractivity contribution in [3.05, 3.63) is 51.8 Å². The van der Waals surface area contributed by atoms with Gasteiger partial charge in [0.1, 0.15) is 0 Å². The normalized spacial score (nSPS) is 20.3. The van der Waals surface area contributed by atoms with Crippen LogP contribution in [0.15, 0.2) is 24.3 Å². The van der Waals surface area contributed by atoms with Crippen LogP contribution in [0, 0.1) is 13.8 Å². The number of anilines is 1. The summed E-state index contributed by atoms with van der Waals surface area (Å²) in [6.07, 6.45) is 2.58. The number of rotatable bonds is 4. The van der Waals surface area contributed by atoms with Crippen LogP contribution < -0.4 is 5.32 Å². The van der Waals surface area contributed by atoms with E-state index in [1.807, 2.05) is 26.0 Å². The fourth-order valence-corrected chi connectivity index (χ4v) is 6.21. The van der Waals surface area contributed by atoms with E-state index in [2.05, 4.69) is 10.4 Å². The van der Waals surface area contributed by atoms with E-state index in [4.69, 9.17) is 16.6 Å². The van der Waals surface area contributed by atoms with E-state index in [1.165, 1.54) is 0 Å². The molecular formula is C22H23ClN4O3S.